The minimum absolute atomic E-state index is 0.257. The van der Waals surface area contributed by atoms with Crippen LogP contribution in [-0.2, 0) is 9.47 Å². The number of rotatable bonds is 12. The molecule has 24 heavy (non-hydrogen) atoms. The van der Waals surface area contributed by atoms with E-state index in [0.717, 1.165) is 18.3 Å². The first-order valence-electron chi connectivity index (χ1n) is 10.1. The van der Waals surface area contributed by atoms with Crippen molar-refractivity contribution < 1.29 is 9.47 Å². The number of hydrogen-bond donors (Lipinski definition) is 0. The molecule has 0 saturated heterocycles. The fourth-order valence-corrected chi connectivity index (χ4v) is 2.54. The third-order valence-electron chi connectivity index (χ3n) is 3.32. The van der Waals surface area contributed by atoms with Crippen LogP contribution in [0, 0.1) is 11.8 Å². The van der Waals surface area contributed by atoms with Crippen LogP contribution >= 0.6 is 0 Å². The summed E-state index contributed by atoms with van der Waals surface area (Å²) in [5.74, 6) is 1.60. The summed E-state index contributed by atoms with van der Waals surface area (Å²) in [4.78, 5) is 2.58. The van der Waals surface area contributed by atoms with E-state index in [2.05, 4.69) is 60.3 Å². The predicted molar refractivity (Wildman–Crippen MR) is 108 cm³/mol. The molecule has 0 aliphatic rings. The molecule has 0 amide bonds. The van der Waals surface area contributed by atoms with E-state index in [0.29, 0.717) is 18.8 Å². The monoisotopic (exact) mass is 345 g/mol. The molecule has 0 rings (SSSR count). The first kappa shape index (κ1) is 26.1. The molecular formula is C21H47NO2. The van der Waals surface area contributed by atoms with Crippen LogP contribution in [0.3, 0.4) is 0 Å². The summed E-state index contributed by atoms with van der Waals surface area (Å²) in [5, 5.41) is 0. The maximum atomic E-state index is 5.62. The summed E-state index contributed by atoms with van der Waals surface area (Å²) < 4.78 is 11.1. The van der Waals surface area contributed by atoms with Crippen molar-refractivity contribution in [3.63, 3.8) is 0 Å². The van der Waals surface area contributed by atoms with E-state index >= 15 is 0 Å². The third-order valence-corrected chi connectivity index (χ3v) is 3.32. The van der Waals surface area contributed by atoms with Crippen LogP contribution in [0.5, 0.6) is 0 Å². The van der Waals surface area contributed by atoms with E-state index in [9.17, 15) is 0 Å². The normalized spacial score (nSPS) is 13.1. The average Bonchev–Trinajstić information content (AvgIpc) is 2.42. The molecule has 0 aliphatic carbocycles. The Morgan fingerprint density at radius 2 is 1.25 bits per heavy atom. The van der Waals surface area contributed by atoms with Gasteiger partial charge in [-0.3, -0.25) is 0 Å². The fourth-order valence-electron chi connectivity index (χ4n) is 2.54. The van der Waals surface area contributed by atoms with Crippen LogP contribution in [0.1, 0.15) is 82.1 Å². The van der Waals surface area contributed by atoms with Crippen molar-refractivity contribution in [2.75, 3.05) is 26.2 Å². The SMILES string of the molecule is CCC(COC(C)C)OC(C)C.CCCN(CC(C)C)CC(C)C. The van der Waals surface area contributed by atoms with Gasteiger partial charge in [0.1, 0.15) is 0 Å². The molecule has 0 heterocycles. The lowest BCUT2D eigenvalue weighted by Crippen LogP contribution is -2.31. The molecule has 0 aromatic heterocycles. The number of ether oxygens (including phenoxy) is 2. The van der Waals surface area contributed by atoms with Gasteiger partial charge in [-0.05, 0) is 58.9 Å². The highest BCUT2D eigenvalue weighted by Gasteiger charge is 2.09. The van der Waals surface area contributed by atoms with Crippen LogP contribution in [0.2, 0.25) is 0 Å². The van der Waals surface area contributed by atoms with Crippen molar-refractivity contribution in [2.45, 2.75) is 100 Å². The highest BCUT2D eigenvalue weighted by molar-refractivity contribution is 4.61. The van der Waals surface area contributed by atoms with Gasteiger partial charge in [0.15, 0.2) is 0 Å². The second-order valence-electron chi connectivity index (χ2n) is 8.14. The molecule has 0 fully saturated rings. The van der Waals surface area contributed by atoms with Crippen molar-refractivity contribution in [2.24, 2.45) is 11.8 Å². The van der Waals surface area contributed by atoms with E-state index in [1.807, 2.05) is 13.8 Å². The van der Waals surface area contributed by atoms with Gasteiger partial charge in [-0.25, -0.2) is 0 Å². The van der Waals surface area contributed by atoms with Crippen molar-refractivity contribution in [3.05, 3.63) is 0 Å². The first-order chi connectivity index (χ1) is 11.1. The maximum absolute atomic E-state index is 5.62. The summed E-state index contributed by atoms with van der Waals surface area (Å²) in [6.45, 7) is 26.2. The molecule has 148 valence electrons. The Morgan fingerprint density at radius 1 is 0.750 bits per heavy atom. The van der Waals surface area contributed by atoms with Crippen molar-refractivity contribution in [1.29, 1.82) is 0 Å². The Morgan fingerprint density at radius 3 is 1.54 bits per heavy atom. The van der Waals surface area contributed by atoms with Crippen LogP contribution in [-0.4, -0.2) is 49.5 Å². The van der Waals surface area contributed by atoms with Gasteiger partial charge < -0.3 is 14.4 Å². The van der Waals surface area contributed by atoms with Gasteiger partial charge in [-0.2, -0.15) is 0 Å². The second-order valence-corrected chi connectivity index (χ2v) is 8.14. The standard InChI is InChI=1S/C11H25N.C10H22O2/c1-6-7-12(8-10(2)3)9-11(4)5;1-6-10(12-9(4)5)7-11-8(2)3/h10-11H,6-9H2,1-5H3;8-10H,6-7H2,1-5H3. The Bertz CT molecular complexity index is 242. The zero-order chi connectivity index (χ0) is 19.1. The Labute approximate surface area is 153 Å². The van der Waals surface area contributed by atoms with Crippen molar-refractivity contribution in [1.82, 2.24) is 4.90 Å². The lowest BCUT2D eigenvalue weighted by atomic mass is 10.1. The lowest BCUT2D eigenvalue weighted by molar-refractivity contribution is -0.0593. The molecule has 0 bridgehead atoms. The molecule has 0 aromatic carbocycles. The summed E-state index contributed by atoms with van der Waals surface area (Å²) in [6.07, 6.45) is 3.15. The fraction of sp³-hybridized carbons (Fsp3) is 1.00. The zero-order valence-corrected chi connectivity index (χ0v) is 18.4. The molecule has 0 spiro atoms. The van der Waals surface area contributed by atoms with E-state index in [1.54, 1.807) is 0 Å². The molecule has 0 radical (unpaired) electrons. The van der Waals surface area contributed by atoms with Gasteiger partial charge in [0, 0.05) is 13.1 Å². The average molecular weight is 346 g/mol. The molecule has 0 aliphatic heterocycles. The van der Waals surface area contributed by atoms with E-state index in [4.69, 9.17) is 9.47 Å². The van der Waals surface area contributed by atoms with Gasteiger partial charge in [0.25, 0.3) is 0 Å². The van der Waals surface area contributed by atoms with E-state index in [-0.39, 0.29) is 6.10 Å². The molecule has 0 N–H and O–H groups in total. The van der Waals surface area contributed by atoms with Gasteiger partial charge in [-0.1, -0.05) is 41.5 Å². The Kier molecular flexibility index (Phi) is 17.8. The Hall–Kier alpha value is -0.120. The van der Waals surface area contributed by atoms with Crippen LogP contribution in [0.15, 0.2) is 0 Å². The maximum Gasteiger partial charge on any atom is 0.0809 e. The quantitative estimate of drug-likeness (QED) is 0.458. The summed E-state index contributed by atoms with van der Waals surface area (Å²) in [5.41, 5.74) is 0. The van der Waals surface area contributed by atoms with Crippen molar-refractivity contribution >= 4 is 0 Å². The highest BCUT2D eigenvalue weighted by atomic mass is 16.5. The van der Waals surface area contributed by atoms with Crippen LogP contribution in [0.4, 0.5) is 0 Å². The number of nitrogens with zero attached hydrogens (tertiary/aromatic N) is 1. The highest BCUT2D eigenvalue weighted by Crippen LogP contribution is 2.05. The molecular weight excluding hydrogens is 298 g/mol. The number of hydrogen-bond acceptors (Lipinski definition) is 3. The predicted octanol–water partition coefficient (Wildman–Crippen LogP) is 5.63. The minimum Gasteiger partial charge on any atom is -0.376 e. The largest absolute Gasteiger partial charge is 0.376 e. The molecule has 3 nitrogen and oxygen atoms in total. The van der Waals surface area contributed by atoms with E-state index < -0.39 is 0 Å². The van der Waals surface area contributed by atoms with Gasteiger partial charge >= 0.3 is 0 Å². The lowest BCUT2D eigenvalue weighted by Gasteiger charge is -2.25. The Balaban J connectivity index is 0. The minimum atomic E-state index is 0.257. The third kappa shape index (κ3) is 19.9. The van der Waals surface area contributed by atoms with E-state index in [1.165, 1.54) is 26.1 Å². The second kappa shape index (κ2) is 16.4. The first-order valence-corrected chi connectivity index (χ1v) is 10.1. The molecule has 1 atom stereocenters. The van der Waals surface area contributed by atoms with Gasteiger partial charge in [-0.15, -0.1) is 0 Å². The van der Waals surface area contributed by atoms with Crippen LogP contribution < -0.4 is 0 Å². The van der Waals surface area contributed by atoms with Crippen LogP contribution in [0.25, 0.3) is 0 Å². The smallest absolute Gasteiger partial charge is 0.0809 e. The molecule has 1 unspecified atom stereocenters. The molecule has 0 saturated carbocycles. The molecule has 0 aromatic rings. The van der Waals surface area contributed by atoms with Gasteiger partial charge in [0.2, 0.25) is 0 Å². The summed E-state index contributed by atoms with van der Waals surface area (Å²) >= 11 is 0. The summed E-state index contributed by atoms with van der Waals surface area (Å²) in [6, 6.07) is 0. The molecule has 3 heteroatoms. The summed E-state index contributed by atoms with van der Waals surface area (Å²) in [7, 11) is 0. The topological polar surface area (TPSA) is 21.7 Å². The zero-order valence-electron chi connectivity index (χ0n) is 18.4. The van der Waals surface area contributed by atoms with Crippen molar-refractivity contribution in [3.8, 4) is 0 Å². The van der Waals surface area contributed by atoms with Gasteiger partial charge in [0.05, 0.1) is 24.9 Å².